The highest BCUT2D eigenvalue weighted by Crippen LogP contribution is 2.28. The van der Waals surface area contributed by atoms with E-state index in [1.54, 1.807) is 0 Å². The maximum absolute atomic E-state index is 12.3. The van der Waals surface area contributed by atoms with Crippen LogP contribution in [0.25, 0.3) is 0 Å². The van der Waals surface area contributed by atoms with Gasteiger partial charge in [-0.2, -0.15) is 0 Å². The molecule has 1 aliphatic heterocycles. The van der Waals surface area contributed by atoms with Crippen LogP contribution in [0.3, 0.4) is 0 Å². The third-order valence-electron chi connectivity index (χ3n) is 4.43. The second-order valence-electron chi connectivity index (χ2n) is 5.93. The number of rotatable bonds is 2. The van der Waals surface area contributed by atoms with Crippen LogP contribution in [0.2, 0.25) is 0 Å². The zero-order valence-corrected chi connectivity index (χ0v) is 11.0. The molecular formula is C14H26N2O. The third kappa shape index (κ3) is 3.44. The smallest absolute Gasteiger partial charge is 0.223 e. The molecule has 1 heterocycles. The van der Waals surface area contributed by atoms with Gasteiger partial charge >= 0.3 is 0 Å². The summed E-state index contributed by atoms with van der Waals surface area (Å²) in [6, 6.07) is 0.638. The summed E-state index contributed by atoms with van der Waals surface area (Å²) in [6.07, 6.45) is 9.23. The minimum absolute atomic E-state index is 0.295. The van der Waals surface area contributed by atoms with Crippen molar-refractivity contribution < 1.29 is 4.79 Å². The van der Waals surface area contributed by atoms with Gasteiger partial charge in [0, 0.05) is 25.0 Å². The second kappa shape index (κ2) is 5.85. The number of nitrogens with two attached hydrogens (primary N) is 1. The van der Waals surface area contributed by atoms with E-state index in [-0.39, 0.29) is 0 Å². The number of nitrogens with zero attached hydrogens (tertiary/aromatic N) is 1. The Morgan fingerprint density at radius 3 is 2.59 bits per heavy atom. The van der Waals surface area contributed by atoms with Gasteiger partial charge in [-0.1, -0.05) is 19.3 Å². The number of carbonyl (C=O) groups is 1. The predicted molar refractivity (Wildman–Crippen MR) is 69.6 cm³/mol. The highest BCUT2D eigenvalue weighted by atomic mass is 16.2. The van der Waals surface area contributed by atoms with Crippen LogP contribution < -0.4 is 5.73 Å². The standard InChI is InChI=1S/C14H26N2O/c1-11-9-13(15)7-8-16(11)14(17)10-12-5-3-2-4-6-12/h11-13H,2-10,15H2,1H3. The van der Waals surface area contributed by atoms with E-state index in [0.717, 1.165) is 25.8 Å². The van der Waals surface area contributed by atoms with Crippen molar-refractivity contribution in [3.05, 3.63) is 0 Å². The van der Waals surface area contributed by atoms with Crippen LogP contribution in [0.5, 0.6) is 0 Å². The fourth-order valence-electron chi connectivity index (χ4n) is 3.33. The molecule has 2 unspecified atom stereocenters. The number of hydrogen-bond acceptors (Lipinski definition) is 2. The Kier molecular flexibility index (Phi) is 4.43. The molecule has 98 valence electrons. The number of carbonyl (C=O) groups excluding carboxylic acids is 1. The Balaban J connectivity index is 1.82. The van der Waals surface area contributed by atoms with Crippen molar-refractivity contribution in [3.63, 3.8) is 0 Å². The maximum Gasteiger partial charge on any atom is 0.223 e. The molecule has 2 N–H and O–H groups in total. The van der Waals surface area contributed by atoms with Gasteiger partial charge in [0.05, 0.1) is 0 Å². The molecule has 2 atom stereocenters. The molecule has 0 aromatic rings. The van der Waals surface area contributed by atoms with E-state index in [1.807, 2.05) is 0 Å². The quantitative estimate of drug-likeness (QED) is 0.802. The molecule has 3 nitrogen and oxygen atoms in total. The Bertz CT molecular complexity index is 261. The summed E-state index contributed by atoms with van der Waals surface area (Å²) in [5.41, 5.74) is 5.93. The SMILES string of the molecule is CC1CC(N)CCN1C(=O)CC1CCCCC1. The number of piperidine rings is 1. The lowest BCUT2D eigenvalue weighted by Crippen LogP contribution is -2.48. The van der Waals surface area contributed by atoms with Gasteiger partial charge in [0.1, 0.15) is 0 Å². The lowest BCUT2D eigenvalue weighted by Gasteiger charge is -2.37. The van der Waals surface area contributed by atoms with E-state index in [9.17, 15) is 4.79 Å². The molecule has 2 aliphatic rings. The molecule has 0 spiro atoms. The average molecular weight is 238 g/mol. The Morgan fingerprint density at radius 1 is 1.24 bits per heavy atom. The van der Waals surface area contributed by atoms with Crippen molar-refractivity contribution in [2.75, 3.05) is 6.54 Å². The van der Waals surface area contributed by atoms with Crippen LogP contribution in [0.1, 0.15) is 58.3 Å². The normalized spacial score (nSPS) is 31.5. The topological polar surface area (TPSA) is 46.3 Å². The van der Waals surface area contributed by atoms with Gasteiger partial charge < -0.3 is 10.6 Å². The molecule has 0 bridgehead atoms. The van der Waals surface area contributed by atoms with E-state index in [2.05, 4.69) is 11.8 Å². The van der Waals surface area contributed by atoms with E-state index >= 15 is 0 Å². The first-order chi connectivity index (χ1) is 8.16. The van der Waals surface area contributed by atoms with Gasteiger partial charge in [-0.05, 0) is 38.5 Å². The molecule has 2 rings (SSSR count). The minimum atomic E-state index is 0.295. The predicted octanol–water partition coefficient (Wildman–Crippen LogP) is 2.29. The van der Waals surface area contributed by atoms with E-state index < -0.39 is 0 Å². The largest absolute Gasteiger partial charge is 0.340 e. The first-order valence-electron chi connectivity index (χ1n) is 7.22. The van der Waals surface area contributed by atoms with Gasteiger partial charge in [-0.15, -0.1) is 0 Å². The average Bonchev–Trinajstić information content (AvgIpc) is 2.30. The van der Waals surface area contributed by atoms with Crippen LogP contribution >= 0.6 is 0 Å². The fourth-order valence-corrected chi connectivity index (χ4v) is 3.33. The second-order valence-corrected chi connectivity index (χ2v) is 5.93. The highest BCUT2D eigenvalue weighted by Gasteiger charge is 2.28. The van der Waals surface area contributed by atoms with Crippen molar-refractivity contribution in [2.24, 2.45) is 11.7 Å². The van der Waals surface area contributed by atoms with E-state index in [1.165, 1.54) is 32.1 Å². The summed E-state index contributed by atoms with van der Waals surface area (Å²) in [4.78, 5) is 14.3. The van der Waals surface area contributed by atoms with Crippen molar-refractivity contribution in [3.8, 4) is 0 Å². The van der Waals surface area contributed by atoms with Gasteiger partial charge in [-0.3, -0.25) is 4.79 Å². The summed E-state index contributed by atoms with van der Waals surface area (Å²) in [6.45, 7) is 3.01. The van der Waals surface area contributed by atoms with E-state index in [4.69, 9.17) is 5.73 Å². The summed E-state index contributed by atoms with van der Waals surface area (Å²) >= 11 is 0. The molecule has 17 heavy (non-hydrogen) atoms. The first-order valence-corrected chi connectivity index (χ1v) is 7.22. The Hall–Kier alpha value is -0.570. The highest BCUT2D eigenvalue weighted by molar-refractivity contribution is 5.76. The molecule has 1 saturated heterocycles. The molecule has 0 aromatic carbocycles. The molecule has 3 heteroatoms. The van der Waals surface area contributed by atoms with Crippen LogP contribution in [0.4, 0.5) is 0 Å². The van der Waals surface area contributed by atoms with Gasteiger partial charge in [0.25, 0.3) is 0 Å². The molecule has 2 fully saturated rings. The summed E-state index contributed by atoms with van der Waals surface area (Å²) in [7, 11) is 0. The molecule has 1 saturated carbocycles. The van der Waals surface area contributed by atoms with Gasteiger partial charge in [0.2, 0.25) is 5.91 Å². The van der Waals surface area contributed by atoms with Crippen molar-refractivity contribution >= 4 is 5.91 Å². The van der Waals surface area contributed by atoms with Crippen molar-refractivity contribution in [1.29, 1.82) is 0 Å². The number of hydrogen-bond donors (Lipinski definition) is 1. The number of amides is 1. The molecule has 0 radical (unpaired) electrons. The summed E-state index contributed by atoms with van der Waals surface area (Å²) in [5, 5.41) is 0. The first kappa shape index (κ1) is 12.9. The maximum atomic E-state index is 12.3. The van der Waals surface area contributed by atoms with Crippen molar-refractivity contribution in [1.82, 2.24) is 4.90 Å². The summed E-state index contributed by atoms with van der Waals surface area (Å²) < 4.78 is 0. The lowest BCUT2D eigenvalue weighted by molar-refractivity contribution is -0.135. The van der Waals surface area contributed by atoms with Crippen LogP contribution in [0, 0.1) is 5.92 Å². The zero-order valence-electron chi connectivity index (χ0n) is 11.0. The minimum Gasteiger partial charge on any atom is -0.340 e. The third-order valence-corrected chi connectivity index (χ3v) is 4.43. The zero-order chi connectivity index (χ0) is 12.3. The Morgan fingerprint density at radius 2 is 1.94 bits per heavy atom. The molecule has 1 aliphatic carbocycles. The van der Waals surface area contributed by atoms with Crippen LogP contribution in [-0.2, 0) is 4.79 Å². The lowest BCUT2D eigenvalue weighted by atomic mass is 9.86. The van der Waals surface area contributed by atoms with E-state index in [0.29, 0.717) is 23.9 Å². The monoisotopic (exact) mass is 238 g/mol. The number of likely N-dealkylation sites (tertiary alicyclic amines) is 1. The van der Waals surface area contributed by atoms with Crippen molar-refractivity contribution in [2.45, 2.75) is 70.4 Å². The fraction of sp³-hybridized carbons (Fsp3) is 0.929. The molecule has 1 amide bonds. The van der Waals surface area contributed by atoms with Gasteiger partial charge in [0.15, 0.2) is 0 Å². The van der Waals surface area contributed by atoms with Crippen LogP contribution in [0.15, 0.2) is 0 Å². The van der Waals surface area contributed by atoms with Gasteiger partial charge in [-0.25, -0.2) is 0 Å². The Labute approximate surface area is 105 Å². The van der Waals surface area contributed by atoms with Crippen LogP contribution in [-0.4, -0.2) is 29.4 Å². The molecular weight excluding hydrogens is 212 g/mol. The summed E-state index contributed by atoms with van der Waals surface area (Å²) in [5.74, 6) is 1.02. The molecule has 0 aromatic heterocycles.